The van der Waals surface area contributed by atoms with E-state index in [1.54, 1.807) is 18.2 Å². The molecule has 1 fully saturated rings. The Labute approximate surface area is 192 Å². The first-order chi connectivity index (χ1) is 15.2. The molecule has 1 N–H and O–H groups in total. The van der Waals surface area contributed by atoms with Crippen molar-refractivity contribution in [3.05, 3.63) is 105 Å². The van der Waals surface area contributed by atoms with Gasteiger partial charge >= 0.3 is 0 Å². The van der Waals surface area contributed by atoms with Crippen molar-refractivity contribution in [3.63, 3.8) is 0 Å². The van der Waals surface area contributed by atoms with E-state index in [9.17, 15) is 23.5 Å². The highest BCUT2D eigenvalue weighted by molar-refractivity contribution is 6.51. The summed E-state index contributed by atoms with van der Waals surface area (Å²) in [6.45, 7) is 1.81. The number of aryl methyl sites for hydroxylation is 1. The summed E-state index contributed by atoms with van der Waals surface area (Å²) in [5.74, 6) is -4.39. The number of aliphatic hydroxyl groups is 1. The third-order valence-electron chi connectivity index (χ3n) is 5.16. The minimum absolute atomic E-state index is 0.140. The van der Waals surface area contributed by atoms with Crippen LogP contribution in [0.25, 0.3) is 5.76 Å². The molecule has 1 aliphatic heterocycles. The van der Waals surface area contributed by atoms with Gasteiger partial charge < -0.3 is 5.11 Å². The molecule has 8 heteroatoms. The second kappa shape index (κ2) is 8.37. The normalized spacial score (nSPS) is 17.8. The zero-order valence-corrected chi connectivity index (χ0v) is 18.1. The first kappa shape index (κ1) is 22.0. The van der Waals surface area contributed by atoms with Gasteiger partial charge in [-0.25, -0.2) is 8.78 Å². The van der Waals surface area contributed by atoms with Gasteiger partial charge in [-0.1, -0.05) is 53.0 Å². The maximum absolute atomic E-state index is 14.7. The summed E-state index contributed by atoms with van der Waals surface area (Å²) in [5.41, 5.74) is 0.919. The molecule has 0 radical (unpaired) electrons. The molecule has 4 nitrogen and oxygen atoms in total. The van der Waals surface area contributed by atoms with E-state index in [1.165, 1.54) is 18.2 Å². The summed E-state index contributed by atoms with van der Waals surface area (Å²) < 4.78 is 28.2. The van der Waals surface area contributed by atoms with Crippen molar-refractivity contribution < 1.29 is 23.5 Å². The van der Waals surface area contributed by atoms with Crippen molar-refractivity contribution in [1.29, 1.82) is 0 Å². The van der Waals surface area contributed by atoms with Crippen LogP contribution in [0, 0.1) is 18.6 Å². The van der Waals surface area contributed by atoms with Gasteiger partial charge in [0.2, 0.25) is 0 Å². The first-order valence-electron chi connectivity index (χ1n) is 9.47. The monoisotopic (exact) mass is 473 g/mol. The molecule has 1 atom stereocenters. The average Bonchev–Trinajstić information content (AvgIpc) is 3.00. The van der Waals surface area contributed by atoms with Crippen LogP contribution in [-0.2, 0) is 9.59 Å². The second-order valence-corrected chi connectivity index (χ2v) is 8.12. The minimum atomic E-state index is -1.15. The zero-order chi connectivity index (χ0) is 23.2. The fraction of sp³-hybridized carbons (Fsp3) is 0.0833. The van der Waals surface area contributed by atoms with Crippen molar-refractivity contribution in [1.82, 2.24) is 0 Å². The van der Waals surface area contributed by atoms with E-state index in [0.29, 0.717) is 11.6 Å². The van der Waals surface area contributed by atoms with Gasteiger partial charge in [0.1, 0.15) is 17.4 Å². The van der Waals surface area contributed by atoms with Crippen molar-refractivity contribution in [3.8, 4) is 0 Å². The molecule has 1 unspecified atom stereocenters. The lowest BCUT2D eigenvalue weighted by atomic mass is 9.94. The van der Waals surface area contributed by atoms with Gasteiger partial charge in [-0.3, -0.25) is 14.5 Å². The number of carbonyl (C=O) groups is 2. The number of ketones is 1. The number of anilines is 1. The Kier molecular flexibility index (Phi) is 5.75. The number of carbonyl (C=O) groups excluding carboxylic acids is 2. The first-order valence-corrected chi connectivity index (χ1v) is 10.2. The summed E-state index contributed by atoms with van der Waals surface area (Å²) in [6, 6.07) is 12.7. The second-order valence-electron chi connectivity index (χ2n) is 7.31. The Morgan fingerprint density at radius 2 is 1.72 bits per heavy atom. The van der Waals surface area contributed by atoms with Gasteiger partial charge in [0.25, 0.3) is 11.7 Å². The highest BCUT2D eigenvalue weighted by atomic mass is 35.5. The number of amides is 1. The number of Topliss-reactive ketones (excluding diaryl/α,β-unsaturated/α-hetero) is 1. The molecule has 162 valence electrons. The van der Waals surface area contributed by atoms with E-state index in [4.69, 9.17) is 23.2 Å². The van der Waals surface area contributed by atoms with Crippen molar-refractivity contribution in [2.75, 3.05) is 4.90 Å². The van der Waals surface area contributed by atoms with Crippen LogP contribution in [0.1, 0.15) is 22.7 Å². The third-order valence-corrected chi connectivity index (χ3v) is 5.90. The van der Waals surface area contributed by atoms with Crippen LogP contribution in [0.3, 0.4) is 0 Å². The highest BCUT2D eigenvalue weighted by Gasteiger charge is 2.47. The van der Waals surface area contributed by atoms with E-state index in [0.717, 1.165) is 22.6 Å². The lowest BCUT2D eigenvalue weighted by Gasteiger charge is -2.26. The van der Waals surface area contributed by atoms with E-state index >= 15 is 0 Å². The van der Waals surface area contributed by atoms with E-state index in [1.807, 2.05) is 13.0 Å². The van der Waals surface area contributed by atoms with E-state index in [-0.39, 0.29) is 26.9 Å². The molecule has 3 aromatic rings. The third kappa shape index (κ3) is 3.76. The standard InChI is InChI=1S/C24H15Cl2F2NO3/c1-12-3-2-4-13(9-12)21-20(22(30)14-5-7-16(25)17(26)10-14)23(31)24(32)29(21)19-8-6-15(27)11-18(19)28/h2-11,21,30H,1H3/b22-20+. The van der Waals surface area contributed by atoms with Crippen LogP contribution in [-0.4, -0.2) is 16.8 Å². The summed E-state index contributed by atoms with van der Waals surface area (Å²) in [7, 11) is 0. The highest BCUT2D eigenvalue weighted by Crippen LogP contribution is 2.43. The van der Waals surface area contributed by atoms with Gasteiger partial charge in [0.15, 0.2) is 0 Å². The molecule has 1 aliphatic rings. The molecule has 0 saturated carbocycles. The van der Waals surface area contributed by atoms with E-state index in [2.05, 4.69) is 0 Å². The molecular weight excluding hydrogens is 459 g/mol. The number of aliphatic hydroxyl groups excluding tert-OH is 1. The largest absolute Gasteiger partial charge is 0.507 e. The molecule has 0 aliphatic carbocycles. The summed E-state index contributed by atoms with van der Waals surface area (Å²) in [5, 5.41) is 11.4. The number of halogens is 4. The Morgan fingerprint density at radius 3 is 2.38 bits per heavy atom. The maximum atomic E-state index is 14.7. The molecule has 1 heterocycles. The molecule has 1 amide bonds. The van der Waals surface area contributed by atoms with Gasteiger partial charge in [0.05, 0.1) is 27.3 Å². The SMILES string of the molecule is Cc1cccc(C2/C(=C(\O)c3ccc(Cl)c(Cl)c3)C(=O)C(=O)N2c2ccc(F)cc2F)c1. The van der Waals surface area contributed by atoms with E-state index < -0.39 is 35.1 Å². The number of benzene rings is 3. The van der Waals surface area contributed by atoms with Gasteiger partial charge in [-0.2, -0.15) is 0 Å². The Balaban J connectivity index is 1.99. The zero-order valence-electron chi connectivity index (χ0n) is 16.6. The van der Waals surface area contributed by atoms with Gasteiger partial charge in [-0.15, -0.1) is 0 Å². The number of hydrogen-bond donors (Lipinski definition) is 1. The smallest absolute Gasteiger partial charge is 0.300 e. The summed E-state index contributed by atoms with van der Waals surface area (Å²) in [4.78, 5) is 27.0. The molecule has 3 aromatic carbocycles. The molecule has 4 rings (SSSR count). The molecular formula is C24H15Cl2F2NO3. The van der Waals surface area contributed by atoms with Crippen molar-refractivity contribution >= 4 is 46.3 Å². The number of rotatable bonds is 3. The number of hydrogen-bond acceptors (Lipinski definition) is 3. The van der Waals surface area contributed by atoms with Crippen LogP contribution >= 0.6 is 23.2 Å². The molecule has 0 spiro atoms. The van der Waals surface area contributed by atoms with Gasteiger partial charge in [-0.05, 0) is 42.8 Å². The number of nitrogens with zero attached hydrogens (tertiary/aromatic N) is 1. The average molecular weight is 474 g/mol. The molecule has 0 aromatic heterocycles. The predicted molar refractivity (Wildman–Crippen MR) is 119 cm³/mol. The predicted octanol–water partition coefficient (Wildman–Crippen LogP) is 6.21. The lowest BCUT2D eigenvalue weighted by Crippen LogP contribution is -2.30. The molecule has 0 bridgehead atoms. The lowest BCUT2D eigenvalue weighted by molar-refractivity contribution is -0.132. The molecule has 1 saturated heterocycles. The van der Waals surface area contributed by atoms with Gasteiger partial charge in [0, 0.05) is 11.6 Å². The summed E-state index contributed by atoms with van der Waals surface area (Å²) in [6.07, 6.45) is 0. The quantitative estimate of drug-likeness (QED) is 0.279. The summed E-state index contributed by atoms with van der Waals surface area (Å²) >= 11 is 12.0. The van der Waals surface area contributed by atoms with Crippen molar-refractivity contribution in [2.24, 2.45) is 0 Å². The molecule has 32 heavy (non-hydrogen) atoms. The van der Waals surface area contributed by atoms with Crippen LogP contribution in [0.4, 0.5) is 14.5 Å². The fourth-order valence-electron chi connectivity index (χ4n) is 3.71. The van der Waals surface area contributed by atoms with Crippen LogP contribution < -0.4 is 4.90 Å². The Bertz CT molecular complexity index is 1310. The van der Waals surface area contributed by atoms with Crippen LogP contribution in [0.5, 0.6) is 0 Å². The minimum Gasteiger partial charge on any atom is -0.507 e. The Morgan fingerprint density at radius 1 is 0.969 bits per heavy atom. The van der Waals surface area contributed by atoms with Crippen molar-refractivity contribution in [2.45, 2.75) is 13.0 Å². The maximum Gasteiger partial charge on any atom is 0.300 e. The Hall–Kier alpha value is -3.22. The van der Waals surface area contributed by atoms with Crippen LogP contribution in [0.15, 0.2) is 66.2 Å². The topological polar surface area (TPSA) is 57.6 Å². The van der Waals surface area contributed by atoms with Crippen LogP contribution in [0.2, 0.25) is 10.0 Å². The fourth-order valence-corrected chi connectivity index (χ4v) is 4.01.